The van der Waals surface area contributed by atoms with Crippen LogP contribution in [0.2, 0.25) is 0 Å². The minimum Gasteiger partial charge on any atom is -0.497 e. The molecule has 3 rings (SSSR count). The molecule has 0 saturated carbocycles. The van der Waals surface area contributed by atoms with E-state index in [1.807, 2.05) is 12.1 Å². The van der Waals surface area contributed by atoms with E-state index < -0.39 is 0 Å². The Morgan fingerprint density at radius 1 is 0.933 bits per heavy atom. The number of nitrogens with two attached hydrogens (primary N) is 1. The Morgan fingerprint density at radius 3 is 2.03 bits per heavy atom. The number of ether oxygens (including phenoxy) is 1. The lowest BCUT2D eigenvalue weighted by Gasteiger charge is -2.37. The van der Waals surface area contributed by atoms with Gasteiger partial charge >= 0.3 is 0 Å². The SMILES string of the molecule is COc1ccc(N2CCN(c3ncnc(N(CC(C)C)CC(C)C)c3N)CC2)cc1. The topological polar surface area (TPSA) is 70.8 Å². The molecule has 7 nitrogen and oxygen atoms in total. The molecule has 2 N–H and O–H groups in total. The van der Waals surface area contributed by atoms with Crippen molar-refractivity contribution in [3.8, 4) is 5.75 Å². The molecule has 0 aliphatic carbocycles. The van der Waals surface area contributed by atoms with Crippen molar-refractivity contribution in [2.24, 2.45) is 11.8 Å². The molecule has 1 aromatic carbocycles. The molecule has 30 heavy (non-hydrogen) atoms. The molecule has 1 aromatic heterocycles. The molecular weight excluding hydrogens is 376 g/mol. The van der Waals surface area contributed by atoms with E-state index in [9.17, 15) is 0 Å². The lowest BCUT2D eigenvalue weighted by molar-refractivity contribution is 0.415. The van der Waals surface area contributed by atoms with Crippen LogP contribution in [0.1, 0.15) is 27.7 Å². The molecule has 1 aliphatic rings. The molecule has 0 atom stereocenters. The zero-order valence-electron chi connectivity index (χ0n) is 19.0. The smallest absolute Gasteiger partial charge is 0.157 e. The third-order valence-electron chi connectivity index (χ3n) is 5.33. The molecule has 7 heteroatoms. The van der Waals surface area contributed by atoms with Crippen molar-refractivity contribution in [2.75, 3.05) is 66.8 Å². The third-order valence-corrected chi connectivity index (χ3v) is 5.33. The summed E-state index contributed by atoms with van der Waals surface area (Å²) in [5.41, 5.74) is 8.51. The first kappa shape index (κ1) is 22.0. The number of piperazine rings is 1. The Bertz CT molecular complexity index is 790. The lowest BCUT2D eigenvalue weighted by Crippen LogP contribution is -2.47. The van der Waals surface area contributed by atoms with E-state index in [0.29, 0.717) is 17.5 Å². The van der Waals surface area contributed by atoms with Crippen LogP contribution in [-0.4, -0.2) is 56.3 Å². The van der Waals surface area contributed by atoms with Gasteiger partial charge in [0.25, 0.3) is 0 Å². The van der Waals surface area contributed by atoms with Gasteiger partial charge in [-0.1, -0.05) is 27.7 Å². The normalized spacial score (nSPS) is 14.5. The fourth-order valence-corrected chi connectivity index (χ4v) is 3.98. The number of hydrogen-bond donors (Lipinski definition) is 1. The summed E-state index contributed by atoms with van der Waals surface area (Å²) in [5, 5.41) is 0. The predicted molar refractivity (Wildman–Crippen MR) is 126 cm³/mol. The van der Waals surface area contributed by atoms with Gasteiger partial charge in [-0.2, -0.15) is 0 Å². The van der Waals surface area contributed by atoms with E-state index in [1.165, 1.54) is 5.69 Å². The molecule has 0 unspecified atom stereocenters. The summed E-state index contributed by atoms with van der Waals surface area (Å²) in [7, 11) is 1.69. The van der Waals surface area contributed by atoms with Crippen LogP contribution in [0, 0.1) is 11.8 Å². The van der Waals surface area contributed by atoms with Crippen molar-refractivity contribution >= 4 is 23.0 Å². The highest BCUT2D eigenvalue weighted by Crippen LogP contribution is 2.31. The van der Waals surface area contributed by atoms with Crippen molar-refractivity contribution in [3.63, 3.8) is 0 Å². The fraction of sp³-hybridized carbons (Fsp3) is 0.565. The average Bonchev–Trinajstić information content (AvgIpc) is 2.73. The Kier molecular flexibility index (Phi) is 7.24. The van der Waals surface area contributed by atoms with Crippen LogP contribution in [0.25, 0.3) is 0 Å². The predicted octanol–water partition coefficient (Wildman–Crippen LogP) is 3.51. The monoisotopic (exact) mass is 412 g/mol. The van der Waals surface area contributed by atoms with E-state index in [0.717, 1.165) is 56.7 Å². The van der Waals surface area contributed by atoms with Gasteiger partial charge in [-0.15, -0.1) is 0 Å². The molecule has 1 fully saturated rings. The molecule has 164 valence electrons. The first-order chi connectivity index (χ1) is 14.4. The summed E-state index contributed by atoms with van der Waals surface area (Å²) < 4.78 is 5.26. The largest absolute Gasteiger partial charge is 0.497 e. The van der Waals surface area contributed by atoms with Crippen LogP contribution in [0.5, 0.6) is 5.75 Å². The van der Waals surface area contributed by atoms with E-state index in [4.69, 9.17) is 10.5 Å². The summed E-state index contributed by atoms with van der Waals surface area (Å²) in [5.74, 6) is 3.67. The van der Waals surface area contributed by atoms with E-state index in [1.54, 1.807) is 13.4 Å². The number of anilines is 4. The highest BCUT2D eigenvalue weighted by Gasteiger charge is 2.24. The van der Waals surface area contributed by atoms with E-state index >= 15 is 0 Å². The lowest BCUT2D eigenvalue weighted by atomic mass is 10.1. The second-order valence-corrected chi connectivity index (χ2v) is 8.80. The van der Waals surface area contributed by atoms with Crippen LogP contribution >= 0.6 is 0 Å². The standard InChI is InChI=1S/C23H36N6O/c1-17(2)14-29(15-18(3)4)23-21(24)22(25-16-26-23)28-12-10-27(11-13-28)19-6-8-20(30-5)9-7-19/h6-9,16-18H,10-15,24H2,1-5H3. The average molecular weight is 413 g/mol. The molecule has 1 aliphatic heterocycles. The number of nitrogens with zero attached hydrogens (tertiary/aromatic N) is 5. The summed E-state index contributed by atoms with van der Waals surface area (Å²) >= 11 is 0. The molecule has 2 heterocycles. The van der Waals surface area contributed by atoms with Gasteiger partial charge in [-0.05, 0) is 36.1 Å². The Balaban J connectivity index is 1.73. The van der Waals surface area contributed by atoms with Crippen molar-refractivity contribution in [3.05, 3.63) is 30.6 Å². The van der Waals surface area contributed by atoms with Crippen molar-refractivity contribution in [2.45, 2.75) is 27.7 Å². The van der Waals surface area contributed by atoms with Crippen LogP contribution in [0.4, 0.5) is 23.0 Å². The summed E-state index contributed by atoms with van der Waals surface area (Å²) in [4.78, 5) is 16.1. The Labute approximate surface area is 180 Å². The summed E-state index contributed by atoms with van der Waals surface area (Å²) in [6.45, 7) is 14.4. The maximum absolute atomic E-state index is 6.61. The highest BCUT2D eigenvalue weighted by molar-refractivity contribution is 5.76. The van der Waals surface area contributed by atoms with Gasteiger partial charge in [-0.25, -0.2) is 9.97 Å². The van der Waals surface area contributed by atoms with Crippen LogP contribution in [0.15, 0.2) is 30.6 Å². The van der Waals surface area contributed by atoms with Gasteiger partial charge < -0.3 is 25.2 Å². The number of methoxy groups -OCH3 is 1. The van der Waals surface area contributed by atoms with Crippen molar-refractivity contribution in [1.82, 2.24) is 9.97 Å². The van der Waals surface area contributed by atoms with Crippen LogP contribution < -0.4 is 25.2 Å². The molecule has 0 spiro atoms. The minimum atomic E-state index is 0.537. The molecular formula is C23H36N6O. The van der Waals surface area contributed by atoms with Crippen molar-refractivity contribution < 1.29 is 4.74 Å². The highest BCUT2D eigenvalue weighted by atomic mass is 16.5. The minimum absolute atomic E-state index is 0.537. The van der Waals surface area contributed by atoms with E-state index in [2.05, 4.69) is 64.5 Å². The molecule has 0 radical (unpaired) electrons. The first-order valence-corrected chi connectivity index (χ1v) is 10.9. The van der Waals surface area contributed by atoms with E-state index in [-0.39, 0.29) is 0 Å². The molecule has 2 aromatic rings. The number of nitrogen functional groups attached to an aromatic ring is 1. The van der Waals surface area contributed by atoms with Gasteiger partial charge in [0, 0.05) is 45.0 Å². The maximum atomic E-state index is 6.61. The van der Waals surface area contributed by atoms with Crippen LogP contribution in [0.3, 0.4) is 0 Å². The summed E-state index contributed by atoms with van der Waals surface area (Å²) in [6, 6.07) is 8.24. The second kappa shape index (κ2) is 9.87. The number of hydrogen-bond acceptors (Lipinski definition) is 7. The quantitative estimate of drug-likeness (QED) is 0.711. The van der Waals surface area contributed by atoms with Gasteiger partial charge in [0.05, 0.1) is 7.11 Å². The van der Waals surface area contributed by atoms with Gasteiger partial charge in [0.2, 0.25) is 0 Å². The zero-order chi connectivity index (χ0) is 21.7. The van der Waals surface area contributed by atoms with Gasteiger partial charge in [0.1, 0.15) is 17.8 Å². The second-order valence-electron chi connectivity index (χ2n) is 8.80. The first-order valence-electron chi connectivity index (χ1n) is 10.9. The van der Waals surface area contributed by atoms with Gasteiger partial charge in [0.15, 0.2) is 11.6 Å². The zero-order valence-corrected chi connectivity index (χ0v) is 19.0. The fourth-order valence-electron chi connectivity index (χ4n) is 3.98. The van der Waals surface area contributed by atoms with Crippen LogP contribution in [-0.2, 0) is 0 Å². The third kappa shape index (κ3) is 5.26. The molecule has 1 saturated heterocycles. The number of aromatic nitrogens is 2. The Hall–Kier alpha value is -2.70. The number of rotatable bonds is 8. The number of benzene rings is 1. The van der Waals surface area contributed by atoms with Crippen molar-refractivity contribution in [1.29, 1.82) is 0 Å². The Morgan fingerprint density at radius 2 is 1.50 bits per heavy atom. The molecule has 0 amide bonds. The summed E-state index contributed by atoms with van der Waals surface area (Å²) in [6.07, 6.45) is 1.66. The molecule has 0 bridgehead atoms. The maximum Gasteiger partial charge on any atom is 0.157 e. The van der Waals surface area contributed by atoms with Gasteiger partial charge in [-0.3, -0.25) is 0 Å².